The minimum absolute atomic E-state index is 0. The number of fused-ring (bicyclic) bond motifs is 1. The monoisotopic (exact) mass is 476 g/mol. The van der Waals surface area contributed by atoms with E-state index in [1.165, 1.54) is 17.7 Å². The minimum Gasteiger partial charge on any atom is -1.00 e. The van der Waals surface area contributed by atoms with Crippen LogP contribution < -0.4 is 17.1 Å². The lowest BCUT2D eigenvalue weighted by Crippen LogP contribution is -3.00. The number of aliphatic hydroxyl groups is 1. The van der Waals surface area contributed by atoms with E-state index in [1.807, 2.05) is 39.8 Å². The van der Waals surface area contributed by atoms with E-state index < -0.39 is 11.7 Å². The van der Waals surface area contributed by atoms with Crippen LogP contribution in [-0.2, 0) is 12.8 Å². The second-order valence-corrected chi connectivity index (χ2v) is 10.0. The zero-order valence-electron chi connectivity index (χ0n) is 20.1. The number of β-amino-alcohol motifs (C(OH)–C–C–N with tert-alkyl or cyclic N) is 1. The van der Waals surface area contributed by atoms with Crippen molar-refractivity contribution in [3.8, 4) is 11.5 Å². The van der Waals surface area contributed by atoms with Gasteiger partial charge in [0.05, 0.1) is 0 Å². The van der Waals surface area contributed by atoms with Crippen LogP contribution in [0.2, 0.25) is 0 Å². The predicted molar refractivity (Wildman–Crippen MR) is 125 cm³/mol. The maximum absolute atomic E-state index is 13.1. The maximum Gasteiger partial charge on any atom is 0.134 e. The molecule has 33 heavy (non-hydrogen) atoms. The molecule has 0 bridgehead atoms. The smallest absolute Gasteiger partial charge is 0.134 e. The fourth-order valence-corrected chi connectivity index (χ4v) is 5.26. The molecule has 6 heteroatoms. The normalized spacial score (nSPS) is 22.2. The third kappa shape index (κ3) is 5.31. The van der Waals surface area contributed by atoms with Gasteiger partial charge in [0.2, 0.25) is 0 Å². The Labute approximate surface area is 203 Å². The Hall–Kier alpha value is -1.82. The molecule has 2 aliphatic rings. The summed E-state index contributed by atoms with van der Waals surface area (Å²) in [6.45, 7) is 10.4. The summed E-state index contributed by atoms with van der Waals surface area (Å²) in [5, 5.41) is 21.6. The number of aromatic hydroxyl groups is 1. The first kappa shape index (κ1) is 25.8. The number of piperidine rings is 1. The van der Waals surface area contributed by atoms with Gasteiger partial charge in [0, 0.05) is 12.1 Å². The van der Waals surface area contributed by atoms with Crippen molar-refractivity contribution >= 4 is 0 Å². The third-order valence-corrected chi connectivity index (χ3v) is 7.83. The van der Waals surface area contributed by atoms with Crippen LogP contribution in [0, 0.1) is 32.5 Å². The van der Waals surface area contributed by atoms with E-state index in [9.17, 15) is 14.6 Å². The average molecular weight is 477 g/mol. The number of likely N-dealkylation sites (tertiary alicyclic amines) is 1. The standard InChI is InChI=1S/C27H36FNO3.ClH/c1-17-18(2)26-23(19(3)25(17)31)9-12-27(4,32-26)24(30)16-29-13-10-21(11-14-29)15-20-5-7-22(28)8-6-20;/h5-8,21,24,30-31H,9-16H2,1-4H3;1H/p-1. The number of hydrogen-bond donors (Lipinski definition) is 2. The number of ether oxygens (including phenoxy) is 1. The van der Waals surface area contributed by atoms with Gasteiger partial charge >= 0.3 is 0 Å². The van der Waals surface area contributed by atoms with Crippen molar-refractivity contribution in [3.05, 3.63) is 57.9 Å². The average Bonchev–Trinajstić information content (AvgIpc) is 2.79. The van der Waals surface area contributed by atoms with Crippen molar-refractivity contribution in [2.75, 3.05) is 19.6 Å². The fraction of sp³-hybridized carbons (Fsp3) is 0.556. The molecule has 4 nitrogen and oxygen atoms in total. The largest absolute Gasteiger partial charge is 1.00 e. The van der Waals surface area contributed by atoms with E-state index in [0.29, 0.717) is 18.2 Å². The lowest BCUT2D eigenvalue weighted by molar-refractivity contribution is -0.0707. The van der Waals surface area contributed by atoms with E-state index in [1.54, 1.807) is 0 Å². The highest BCUT2D eigenvalue weighted by molar-refractivity contribution is 5.58. The summed E-state index contributed by atoms with van der Waals surface area (Å²) in [6.07, 6.45) is 4.09. The van der Waals surface area contributed by atoms with Crippen molar-refractivity contribution in [2.45, 2.75) is 71.5 Å². The zero-order chi connectivity index (χ0) is 23.0. The second kappa shape index (κ2) is 10.2. The molecule has 2 N–H and O–H groups in total. The molecule has 2 aliphatic heterocycles. The van der Waals surface area contributed by atoms with Gasteiger partial charge in [-0.1, -0.05) is 12.1 Å². The summed E-state index contributed by atoms with van der Waals surface area (Å²) in [6, 6.07) is 6.84. The number of aliphatic hydroxyl groups excluding tert-OH is 1. The molecule has 0 aliphatic carbocycles. The summed E-state index contributed by atoms with van der Waals surface area (Å²) >= 11 is 0. The lowest BCUT2D eigenvalue weighted by Gasteiger charge is -2.43. The second-order valence-electron chi connectivity index (χ2n) is 10.0. The molecule has 1 saturated heterocycles. The molecule has 2 heterocycles. The fourth-order valence-electron chi connectivity index (χ4n) is 5.26. The predicted octanol–water partition coefficient (Wildman–Crippen LogP) is 1.86. The molecule has 2 unspecified atom stereocenters. The molecule has 2 atom stereocenters. The molecule has 0 amide bonds. The quantitative estimate of drug-likeness (QED) is 0.691. The molecule has 0 aromatic heterocycles. The van der Waals surface area contributed by atoms with Gasteiger partial charge in [-0.15, -0.1) is 0 Å². The summed E-state index contributed by atoms with van der Waals surface area (Å²) in [7, 11) is 0. The van der Waals surface area contributed by atoms with Gasteiger partial charge in [-0.3, -0.25) is 0 Å². The number of halogens is 2. The molecular formula is C27H36ClFNO3-. The Morgan fingerprint density at radius 1 is 1.09 bits per heavy atom. The van der Waals surface area contributed by atoms with Gasteiger partial charge in [0.25, 0.3) is 0 Å². The van der Waals surface area contributed by atoms with Crippen LogP contribution in [0.3, 0.4) is 0 Å². The van der Waals surface area contributed by atoms with Crippen LogP contribution in [0.1, 0.15) is 54.0 Å². The summed E-state index contributed by atoms with van der Waals surface area (Å²) < 4.78 is 19.6. The summed E-state index contributed by atoms with van der Waals surface area (Å²) in [5.41, 5.74) is 4.32. The van der Waals surface area contributed by atoms with E-state index in [0.717, 1.165) is 73.2 Å². The SMILES string of the molecule is Cc1c(C)c2c(c(C)c1O)CCC(C)(C(O)CN1CCC(Cc3ccc(F)cc3)CC1)O2.[Cl-]. The molecule has 4 rings (SSSR count). The zero-order valence-corrected chi connectivity index (χ0v) is 20.9. The Kier molecular flexibility index (Phi) is 7.98. The third-order valence-electron chi connectivity index (χ3n) is 7.83. The molecule has 2 aromatic rings. The number of phenolic OH excluding ortho intramolecular Hbond substituents is 1. The van der Waals surface area contributed by atoms with Gasteiger partial charge < -0.3 is 32.3 Å². The first-order valence-corrected chi connectivity index (χ1v) is 11.8. The Bertz CT molecular complexity index is 973. The lowest BCUT2D eigenvalue weighted by atomic mass is 9.83. The molecule has 0 saturated carbocycles. The first-order valence-electron chi connectivity index (χ1n) is 11.8. The van der Waals surface area contributed by atoms with Crippen molar-refractivity contribution in [1.82, 2.24) is 4.90 Å². The first-order chi connectivity index (χ1) is 15.2. The molecular weight excluding hydrogens is 441 g/mol. The number of rotatable bonds is 5. The van der Waals surface area contributed by atoms with Crippen LogP contribution in [0.5, 0.6) is 11.5 Å². The van der Waals surface area contributed by atoms with Crippen molar-refractivity contribution in [2.24, 2.45) is 5.92 Å². The highest BCUT2D eigenvalue weighted by atomic mass is 35.5. The van der Waals surface area contributed by atoms with Gasteiger partial charge in [-0.05, 0) is 113 Å². The summed E-state index contributed by atoms with van der Waals surface area (Å²) in [5.74, 6) is 1.61. The van der Waals surface area contributed by atoms with Gasteiger partial charge in [-0.25, -0.2) is 4.39 Å². The number of benzene rings is 2. The van der Waals surface area contributed by atoms with Crippen LogP contribution >= 0.6 is 0 Å². The van der Waals surface area contributed by atoms with Crippen LogP contribution in [0.25, 0.3) is 0 Å². The number of nitrogens with zero attached hydrogens (tertiary/aromatic N) is 1. The van der Waals surface area contributed by atoms with Crippen LogP contribution in [-0.4, -0.2) is 46.5 Å². The number of hydrogen-bond acceptors (Lipinski definition) is 4. The van der Waals surface area contributed by atoms with E-state index in [2.05, 4.69) is 4.90 Å². The van der Waals surface area contributed by atoms with Gasteiger partial charge in [0.1, 0.15) is 29.0 Å². The maximum atomic E-state index is 13.1. The van der Waals surface area contributed by atoms with Gasteiger partial charge in [-0.2, -0.15) is 0 Å². The van der Waals surface area contributed by atoms with Crippen LogP contribution in [0.4, 0.5) is 4.39 Å². The van der Waals surface area contributed by atoms with Crippen molar-refractivity contribution in [1.29, 1.82) is 0 Å². The molecule has 1 fully saturated rings. The molecule has 2 aromatic carbocycles. The molecule has 0 spiro atoms. The minimum atomic E-state index is -0.640. The number of phenols is 1. The van der Waals surface area contributed by atoms with Crippen molar-refractivity contribution < 1.29 is 31.7 Å². The van der Waals surface area contributed by atoms with Crippen molar-refractivity contribution in [3.63, 3.8) is 0 Å². The topological polar surface area (TPSA) is 52.9 Å². The van der Waals surface area contributed by atoms with E-state index >= 15 is 0 Å². The highest BCUT2D eigenvalue weighted by Crippen LogP contribution is 2.44. The Morgan fingerprint density at radius 3 is 2.36 bits per heavy atom. The highest BCUT2D eigenvalue weighted by Gasteiger charge is 2.41. The Morgan fingerprint density at radius 2 is 1.73 bits per heavy atom. The Balaban J connectivity index is 0.00000306. The van der Waals surface area contributed by atoms with E-state index in [4.69, 9.17) is 4.74 Å². The van der Waals surface area contributed by atoms with E-state index in [-0.39, 0.29) is 18.2 Å². The molecule has 182 valence electrons. The van der Waals surface area contributed by atoms with Gasteiger partial charge in [0.15, 0.2) is 0 Å². The summed E-state index contributed by atoms with van der Waals surface area (Å²) in [4.78, 5) is 2.34. The molecule has 0 radical (unpaired) electrons. The van der Waals surface area contributed by atoms with Crippen LogP contribution in [0.15, 0.2) is 24.3 Å².